The summed E-state index contributed by atoms with van der Waals surface area (Å²) >= 11 is 0. The van der Waals surface area contributed by atoms with Gasteiger partial charge in [0, 0.05) is 14.5 Å². The predicted octanol–water partition coefficient (Wildman–Crippen LogP) is 3.04. The highest BCUT2D eigenvalue weighted by Crippen LogP contribution is 2.11. The summed E-state index contributed by atoms with van der Waals surface area (Å²) in [5.41, 5.74) is 2.36. The third-order valence-corrected chi connectivity index (χ3v) is 1.77. The number of aromatic amines is 1. The van der Waals surface area contributed by atoms with Gasteiger partial charge < -0.3 is 4.98 Å². The number of aromatic nitrogens is 2. The average Bonchev–Trinajstić information content (AvgIpc) is 2.64. The van der Waals surface area contributed by atoms with Gasteiger partial charge in [0.05, 0.1) is 16.7 Å². The van der Waals surface area contributed by atoms with Crippen LogP contribution in [0, 0.1) is 0 Å². The van der Waals surface area contributed by atoms with Crippen molar-refractivity contribution in [3.8, 4) is 0 Å². The van der Waals surface area contributed by atoms with Crippen LogP contribution in [0.15, 0.2) is 24.4 Å². The first-order valence-electron chi connectivity index (χ1n) is 4.72. The summed E-state index contributed by atoms with van der Waals surface area (Å²) < 4.78 is 0. The van der Waals surface area contributed by atoms with Gasteiger partial charge in [0.15, 0.2) is 5.78 Å². The van der Waals surface area contributed by atoms with Gasteiger partial charge in [-0.1, -0.05) is 13.8 Å². The molecule has 2 heterocycles. The highest BCUT2D eigenvalue weighted by molar-refractivity contribution is 5.96. The van der Waals surface area contributed by atoms with E-state index in [2.05, 4.69) is 9.97 Å². The van der Waals surface area contributed by atoms with E-state index in [1.807, 2.05) is 26.0 Å². The zero-order valence-electron chi connectivity index (χ0n) is 8.66. The topological polar surface area (TPSA) is 45.8 Å². The highest BCUT2D eigenvalue weighted by atomic mass is 16.1. The number of ketones is 1. The molecule has 76 valence electrons. The minimum Gasteiger partial charge on any atom is -0.351 e. The third-order valence-electron chi connectivity index (χ3n) is 1.77. The fourth-order valence-corrected chi connectivity index (χ4v) is 1.15. The summed E-state index contributed by atoms with van der Waals surface area (Å²) in [6, 6.07) is 5.50. The van der Waals surface area contributed by atoms with E-state index >= 15 is 0 Å². The third kappa shape index (κ3) is 1.99. The second-order valence-corrected chi connectivity index (χ2v) is 2.68. The summed E-state index contributed by atoms with van der Waals surface area (Å²) in [6.07, 6.45) is 1.71. The maximum absolute atomic E-state index is 11.0. The van der Waals surface area contributed by atoms with Crippen LogP contribution in [0.2, 0.25) is 0 Å². The molecule has 3 heteroatoms. The quantitative estimate of drug-likeness (QED) is 0.706. The molecule has 0 amide bonds. The first-order valence-corrected chi connectivity index (χ1v) is 4.72. The van der Waals surface area contributed by atoms with E-state index in [1.54, 1.807) is 12.3 Å². The molecule has 0 aliphatic heterocycles. The summed E-state index contributed by atoms with van der Waals surface area (Å²) in [4.78, 5) is 18.0. The Hall–Kier alpha value is -1.64. The lowest BCUT2D eigenvalue weighted by atomic mass is 10.3. The number of rotatable bonds is 1. The molecule has 0 aliphatic rings. The van der Waals surface area contributed by atoms with Crippen LogP contribution in [0.25, 0.3) is 11.0 Å². The molecular weight excluding hydrogens is 176 g/mol. The highest BCUT2D eigenvalue weighted by Gasteiger charge is 2.03. The largest absolute Gasteiger partial charge is 0.351 e. The summed E-state index contributed by atoms with van der Waals surface area (Å²) in [6.45, 7) is 5.53. The minimum atomic E-state index is 0. The van der Waals surface area contributed by atoms with Crippen molar-refractivity contribution in [1.29, 1.82) is 0 Å². The number of carbonyl (C=O) groups excluding carboxylic acids is 1. The Balaban J connectivity index is 0.000000617. The number of fused-ring (bicyclic) bond motifs is 1. The van der Waals surface area contributed by atoms with Crippen LogP contribution < -0.4 is 0 Å². The molecule has 0 saturated heterocycles. The van der Waals surface area contributed by atoms with Gasteiger partial charge in [0.25, 0.3) is 0 Å². The van der Waals surface area contributed by atoms with Crippen molar-refractivity contribution < 1.29 is 6.22 Å². The Morgan fingerprint density at radius 3 is 2.79 bits per heavy atom. The van der Waals surface area contributed by atoms with E-state index in [9.17, 15) is 4.79 Å². The van der Waals surface area contributed by atoms with Gasteiger partial charge in [-0.3, -0.25) is 9.78 Å². The lowest BCUT2D eigenvalue weighted by Crippen LogP contribution is -1.89. The van der Waals surface area contributed by atoms with Gasteiger partial charge in [-0.05, 0) is 18.2 Å². The maximum Gasteiger partial charge on any atom is 0.176 e. The van der Waals surface area contributed by atoms with Crippen molar-refractivity contribution in [2.45, 2.75) is 20.8 Å². The monoisotopic (exact) mass is 192 g/mol. The van der Waals surface area contributed by atoms with Gasteiger partial charge in [-0.25, -0.2) is 0 Å². The second-order valence-electron chi connectivity index (χ2n) is 2.68. The number of nitrogens with one attached hydrogen (secondary N) is 1. The Bertz CT molecular complexity index is 404. The molecule has 0 bridgehead atoms. The van der Waals surface area contributed by atoms with E-state index in [-0.39, 0.29) is 7.21 Å². The molecule has 2 rings (SSSR count). The van der Waals surface area contributed by atoms with Gasteiger partial charge >= 0.3 is 0 Å². The normalized spacial score (nSPS) is 9.36. The molecule has 3 nitrogen and oxygen atoms in total. The molecule has 0 saturated carbocycles. The molecule has 0 atom stereocenters. The molecule has 0 aliphatic carbocycles. The van der Waals surface area contributed by atoms with Crippen LogP contribution in [0.3, 0.4) is 0 Å². The number of hydrogen-bond donors (Lipinski definition) is 1. The molecule has 0 spiro atoms. The Morgan fingerprint density at radius 1 is 1.50 bits per heavy atom. The first kappa shape index (κ1) is 10.4. The van der Waals surface area contributed by atoms with Gasteiger partial charge in [-0.15, -0.1) is 0 Å². The van der Waals surface area contributed by atoms with E-state index in [0.29, 0.717) is 5.69 Å². The van der Waals surface area contributed by atoms with E-state index < -0.39 is 0 Å². The smallest absolute Gasteiger partial charge is 0.176 e. The molecule has 0 fully saturated rings. The summed E-state index contributed by atoms with van der Waals surface area (Å²) in [5.74, 6) is 0.0352. The van der Waals surface area contributed by atoms with Gasteiger partial charge in [0.1, 0.15) is 0 Å². The van der Waals surface area contributed by atoms with Crippen LogP contribution in [0.1, 0.15) is 32.7 Å². The van der Waals surface area contributed by atoms with Gasteiger partial charge in [-0.2, -0.15) is 0 Å². The second kappa shape index (κ2) is 4.56. The Kier molecular flexibility index (Phi) is 3.40. The van der Waals surface area contributed by atoms with Crippen molar-refractivity contribution in [3.63, 3.8) is 0 Å². The first-order chi connectivity index (χ1) is 6.77. The lowest BCUT2D eigenvalue weighted by molar-refractivity contribution is 0.101. The SMILES string of the molecule is CC.CC(=O)c1cc2ncccc2[nH]1.[HH]. The molecule has 0 radical (unpaired) electrons. The number of carbonyl (C=O) groups is 1. The zero-order chi connectivity index (χ0) is 10.6. The fraction of sp³-hybridized carbons (Fsp3) is 0.273. The van der Waals surface area contributed by atoms with Crippen LogP contribution in [0.5, 0.6) is 0 Å². The summed E-state index contributed by atoms with van der Waals surface area (Å²) in [5, 5.41) is 0. The zero-order valence-corrected chi connectivity index (χ0v) is 8.66. The van der Waals surface area contributed by atoms with E-state index in [1.165, 1.54) is 6.92 Å². The van der Waals surface area contributed by atoms with Crippen molar-refractivity contribution in [3.05, 3.63) is 30.1 Å². The van der Waals surface area contributed by atoms with E-state index in [4.69, 9.17) is 0 Å². The number of Topliss-reactive ketones (excluding diaryl/α,β-unsaturated/α-hetero) is 1. The van der Waals surface area contributed by atoms with Gasteiger partial charge in [0.2, 0.25) is 0 Å². The molecule has 2 aromatic heterocycles. The van der Waals surface area contributed by atoms with Crippen LogP contribution in [-0.4, -0.2) is 15.8 Å². The number of pyridine rings is 1. The molecule has 14 heavy (non-hydrogen) atoms. The fourth-order valence-electron chi connectivity index (χ4n) is 1.15. The molecule has 2 aromatic rings. The Labute approximate surface area is 84.7 Å². The minimum absolute atomic E-state index is 0. The standard InChI is InChI=1S/C9H8N2O.C2H6.H2/c1-6(12)8-5-9-7(11-8)3-2-4-10-9;1-2;/h2-5,11H,1H3;1-2H3;1H. The number of H-pyrrole nitrogens is 1. The molecular formula is C11H16N2O. The average molecular weight is 192 g/mol. The Morgan fingerprint density at radius 2 is 2.21 bits per heavy atom. The van der Waals surface area contributed by atoms with Crippen molar-refractivity contribution in [2.75, 3.05) is 0 Å². The van der Waals surface area contributed by atoms with E-state index in [0.717, 1.165) is 11.0 Å². The van der Waals surface area contributed by atoms with Crippen molar-refractivity contribution in [1.82, 2.24) is 9.97 Å². The van der Waals surface area contributed by atoms with Crippen LogP contribution in [0.4, 0.5) is 0 Å². The predicted molar refractivity (Wildman–Crippen MR) is 59.6 cm³/mol. The summed E-state index contributed by atoms with van der Waals surface area (Å²) in [7, 11) is 0. The molecule has 0 unspecified atom stereocenters. The molecule has 1 N–H and O–H groups in total. The lowest BCUT2D eigenvalue weighted by Gasteiger charge is -1.84. The van der Waals surface area contributed by atoms with Crippen LogP contribution in [-0.2, 0) is 0 Å². The molecule has 0 aromatic carbocycles. The number of hydrogen-bond acceptors (Lipinski definition) is 2. The maximum atomic E-state index is 11.0. The number of nitrogens with zero attached hydrogens (tertiary/aromatic N) is 1. The van der Waals surface area contributed by atoms with Crippen molar-refractivity contribution >= 4 is 16.8 Å². The van der Waals surface area contributed by atoms with Crippen LogP contribution >= 0.6 is 0 Å². The van der Waals surface area contributed by atoms with Crippen molar-refractivity contribution in [2.24, 2.45) is 0 Å².